The van der Waals surface area contributed by atoms with Gasteiger partial charge in [0.15, 0.2) is 5.65 Å². The van der Waals surface area contributed by atoms with Crippen LogP contribution < -0.4 is 4.74 Å². The van der Waals surface area contributed by atoms with Crippen molar-refractivity contribution < 1.29 is 9.15 Å². The zero-order valence-corrected chi connectivity index (χ0v) is 15.0. The average molecular weight is 355 g/mol. The first-order chi connectivity index (χ1) is 13.2. The van der Waals surface area contributed by atoms with Crippen LogP contribution in [0.25, 0.3) is 44.6 Å². The number of furan rings is 1. The van der Waals surface area contributed by atoms with E-state index in [1.165, 1.54) is 0 Å². The van der Waals surface area contributed by atoms with Crippen LogP contribution in [-0.2, 0) is 0 Å². The van der Waals surface area contributed by atoms with E-state index >= 15 is 0 Å². The van der Waals surface area contributed by atoms with E-state index in [4.69, 9.17) is 9.15 Å². The molecule has 2 aromatic carbocycles. The molecule has 5 rings (SSSR count). The molecule has 27 heavy (non-hydrogen) atoms. The number of rotatable bonds is 3. The molecule has 3 heterocycles. The summed E-state index contributed by atoms with van der Waals surface area (Å²) in [6.45, 7) is 1.99. The van der Waals surface area contributed by atoms with E-state index in [0.717, 1.165) is 44.7 Å². The number of imidazole rings is 1. The molecule has 0 aliphatic rings. The summed E-state index contributed by atoms with van der Waals surface area (Å²) in [7, 11) is 1.67. The predicted molar refractivity (Wildman–Crippen MR) is 106 cm³/mol. The number of H-pyrrole nitrogens is 1. The van der Waals surface area contributed by atoms with Gasteiger partial charge in [-0.1, -0.05) is 30.3 Å². The lowest BCUT2D eigenvalue weighted by Crippen LogP contribution is -1.90. The molecule has 5 nitrogen and oxygen atoms in total. The normalized spacial score (nSPS) is 11.3. The second-order valence-electron chi connectivity index (χ2n) is 6.41. The monoisotopic (exact) mass is 355 g/mol. The molecule has 5 heteroatoms. The third-order valence-corrected chi connectivity index (χ3v) is 4.76. The van der Waals surface area contributed by atoms with Crippen LogP contribution in [0, 0.1) is 6.92 Å². The number of aromatic amines is 1. The van der Waals surface area contributed by atoms with Gasteiger partial charge in [0.05, 0.1) is 18.2 Å². The largest absolute Gasteiger partial charge is 0.496 e. The molecule has 0 amide bonds. The van der Waals surface area contributed by atoms with Crippen molar-refractivity contribution in [3.8, 4) is 28.3 Å². The number of nitrogens with one attached hydrogen (secondary N) is 1. The molecule has 0 fully saturated rings. The highest BCUT2D eigenvalue weighted by molar-refractivity contribution is 5.99. The van der Waals surface area contributed by atoms with E-state index in [1.54, 1.807) is 13.3 Å². The van der Waals surface area contributed by atoms with Gasteiger partial charge in [-0.2, -0.15) is 0 Å². The zero-order chi connectivity index (χ0) is 18.4. The highest BCUT2D eigenvalue weighted by Gasteiger charge is 2.19. The number of fused-ring (bicyclic) bond motifs is 2. The number of ether oxygens (including phenoxy) is 1. The van der Waals surface area contributed by atoms with Gasteiger partial charge >= 0.3 is 0 Å². The number of hydrogen-bond donors (Lipinski definition) is 1. The SMILES string of the molecule is COc1cc2c(-c3ccccc3)c(C)oc2cc1-c1nc2ncccc2[nH]1. The van der Waals surface area contributed by atoms with Crippen molar-refractivity contribution in [2.75, 3.05) is 7.11 Å². The van der Waals surface area contributed by atoms with Gasteiger partial charge in [-0.05, 0) is 36.8 Å². The molecule has 5 aromatic rings. The fourth-order valence-corrected chi connectivity index (χ4v) is 3.54. The Bertz CT molecular complexity index is 1240. The first kappa shape index (κ1) is 15.6. The Morgan fingerprint density at radius 2 is 1.89 bits per heavy atom. The quantitative estimate of drug-likeness (QED) is 0.473. The Balaban J connectivity index is 1.75. The van der Waals surface area contributed by atoms with Crippen LogP contribution in [0.15, 0.2) is 65.2 Å². The Morgan fingerprint density at radius 3 is 2.67 bits per heavy atom. The fourth-order valence-electron chi connectivity index (χ4n) is 3.54. The number of hydrogen-bond acceptors (Lipinski definition) is 4. The maximum atomic E-state index is 6.08. The molecule has 0 saturated heterocycles. The number of pyridine rings is 1. The third kappa shape index (κ3) is 2.47. The first-order valence-electron chi connectivity index (χ1n) is 8.72. The molecular weight excluding hydrogens is 338 g/mol. The lowest BCUT2D eigenvalue weighted by atomic mass is 10.0. The van der Waals surface area contributed by atoms with Crippen molar-refractivity contribution in [3.63, 3.8) is 0 Å². The van der Waals surface area contributed by atoms with Gasteiger partial charge in [0.25, 0.3) is 0 Å². The molecule has 0 unspecified atom stereocenters. The predicted octanol–water partition coefficient (Wildman–Crippen LogP) is 5.36. The lowest BCUT2D eigenvalue weighted by Gasteiger charge is -2.07. The average Bonchev–Trinajstić information content (AvgIpc) is 3.27. The van der Waals surface area contributed by atoms with E-state index in [0.29, 0.717) is 11.5 Å². The Labute approximate surface area is 155 Å². The number of methoxy groups -OCH3 is 1. The first-order valence-corrected chi connectivity index (χ1v) is 8.72. The van der Waals surface area contributed by atoms with Crippen LogP contribution in [0.5, 0.6) is 5.75 Å². The van der Waals surface area contributed by atoms with Crippen LogP contribution in [0.3, 0.4) is 0 Å². The van der Waals surface area contributed by atoms with Crippen LogP contribution in [0.4, 0.5) is 0 Å². The van der Waals surface area contributed by atoms with Crippen molar-refractivity contribution in [1.29, 1.82) is 0 Å². The van der Waals surface area contributed by atoms with E-state index in [9.17, 15) is 0 Å². The van der Waals surface area contributed by atoms with Crippen molar-refractivity contribution in [2.24, 2.45) is 0 Å². The number of aromatic nitrogens is 3. The van der Waals surface area contributed by atoms with Crippen molar-refractivity contribution in [3.05, 3.63) is 66.6 Å². The van der Waals surface area contributed by atoms with Crippen LogP contribution in [0.2, 0.25) is 0 Å². The fraction of sp³-hybridized carbons (Fsp3) is 0.0909. The molecule has 0 saturated carbocycles. The van der Waals surface area contributed by atoms with Crippen LogP contribution in [0.1, 0.15) is 5.76 Å². The Morgan fingerprint density at radius 1 is 1.04 bits per heavy atom. The van der Waals surface area contributed by atoms with Gasteiger partial charge < -0.3 is 14.1 Å². The van der Waals surface area contributed by atoms with Crippen molar-refractivity contribution in [2.45, 2.75) is 6.92 Å². The summed E-state index contributed by atoms with van der Waals surface area (Å²) in [5.41, 5.74) is 5.41. The number of benzene rings is 2. The number of aryl methyl sites for hydroxylation is 1. The molecule has 1 N–H and O–H groups in total. The van der Waals surface area contributed by atoms with Gasteiger partial charge in [0.1, 0.15) is 22.9 Å². The van der Waals surface area contributed by atoms with E-state index in [1.807, 2.05) is 49.4 Å². The number of nitrogens with zero attached hydrogens (tertiary/aromatic N) is 2. The highest BCUT2D eigenvalue weighted by Crippen LogP contribution is 2.40. The van der Waals surface area contributed by atoms with Gasteiger partial charge in [0, 0.05) is 17.1 Å². The summed E-state index contributed by atoms with van der Waals surface area (Å²) < 4.78 is 11.8. The summed E-state index contributed by atoms with van der Waals surface area (Å²) in [5.74, 6) is 2.32. The summed E-state index contributed by atoms with van der Waals surface area (Å²) >= 11 is 0. The molecule has 0 aliphatic carbocycles. The van der Waals surface area contributed by atoms with Gasteiger partial charge in [-0.15, -0.1) is 0 Å². The van der Waals surface area contributed by atoms with Crippen LogP contribution in [-0.4, -0.2) is 22.1 Å². The summed E-state index contributed by atoms with van der Waals surface area (Å²) in [5, 5.41) is 1.02. The van der Waals surface area contributed by atoms with E-state index in [2.05, 4.69) is 27.1 Å². The summed E-state index contributed by atoms with van der Waals surface area (Å²) in [6.07, 6.45) is 1.73. The minimum Gasteiger partial charge on any atom is -0.496 e. The summed E-state index contributed by atoms with van der Waals surface area (Å²) in [6, 6.07) is 18.1. The van der Waals surface area contributed by atoms with E-state index in [-0.39, 0.29) is 0 Å². The molecule has 0 bridgehead atoms. The van der Waals surface area contributed by atoms with Gasteiger partial charge in [-0.25, -0.2) is 9.97 Å². The standard InChI is InChI=1S/C22H17N3O2/c1-13-20(14-7-4-3-5-8-14)15-11-18(26-2)16(12-19(15)27-13)21-24-17-9-6-10-23-22(17)25-21/h3-12H,1-2H3,(H,23,24,25). The molecule has 0 spiro atoms. The maximum absolute atomic E-state index is 6.08. The molecule has 0 radical (unpaired) electrons. The summed E-state index contributed by atoms with van der Waals surface area (Å²) in [4.78, 5) is 12.2. The minimum atomic E-state index is 0.676. The Kier molecular flexibility index (Phi) is 3.47. The smallest absolute Gasteiger partial charge is 0.178 e. The molecular formula is C22H17N3O2. The van der Waals surface area contributed by atoms with E-state index < -0.39 is 0 Å². The minimum absolute atomic E-state index is 0.676. The van der Waals surface area contributed by atoms with Crippen LogP contribution >= 0.6 is 0 Å². The third-order valence-electron chi connectivity index (χ3n) is 4.76. The van der Waals surface area contributed by atoms with Gasteiger partial charge in [0.2, 0.25) is 0 Å². The maximum Gasteiger partial charge on any atom is 0.178 e. The second kappa shape index (κ2) is 5.99. The highest BCUT2D eigenvalue weighted by atomic mass is 16.5. The molecule has 132 valence electrons. The van der Waals surface area contributed by atoms with Gasteiger partial charge in [-0.3, -0.25) is 0 Å². The van der Waals surface area contributed by atoms with Crippen molar-refractivity contribution >= 4 is 22.1 Å². The van der Waals surface area contributed by atoms with Crippen molar-refractivity contribution in [1.82, 2.24) is 15.0 Å². The lowest BCUT2D eigenvalue weighted by molar-refractivity contribution is 0.416. The zero-order valence-electron chi connectivity index (χ0n) is 15.0. The molecule has 3 aromatic heterocycles. The molecule has 0 aliphatic heterocycles. The topological polar surface area (TPSA) is 63.9 Å². The Hall–Kier alpha value is -3.60. The second-order valence-corrected chi connectivity index (χ2v) is 6.41. The molecule has 0 atom stereocenters.